The van der Waals surface area contributed by atoms with Crippen LogP contribution in [0.5, 0.6) is 11.5 Å². The predicted octanol–water partition coefficient (Wildman–Crippen LogP) is 5.97. The molecule has 0 saturated carbocycles. The van der Waals surface area contributed by atoms with E-state index < -0.39 is 0 Å². The quantitative estimate of drug-likeness (QED) is 0.286. The largest absolute Gasteiger partial charge is 0.507 e. The van der Waals surface area contributed by atoms with Crippen molar-refractivity contribution in [3.05, 3.63) is 57.6 Å². The van der Waals surface area contributed by atoms with E-state index in [2.05, 4.69) is 76.7 Å². The first-order valence-corrected chi connectivity index (χ1v) is 11.9. The van der Waals surface area contributed by atoms with E-state index in [9.17, 15) is 10.2 Å². The maximum Gasteiger partial charge on any atom is 0.122 e. The van der Waals surface area contributed by atoms with E-state index in [1.165, 1.54) is 11.1 Å². The summed E-state index contributed by atoms with van der Waals surface area (Å²) in [6, 6.07) is 8.51. The third-order valence-corrected chi connectivity index (χ3v) is 6.00. The van der Waals surface area contributed by atoms with E-state index >= 15 is 0 Å². The molecule has 0 aliphatic carbocycles. The first-order chi connectivity index (χ1) is 14.8. The number of phenols is 2. The fourth-order valence-electron chi connectivity index (χ4n) is 4.08. The topological polar surface area (TPSA) is 64.5 Å². The first-order valence-electron chi connectivity index (χ1n) is 11.9. The zero-order chi connectivity index (χ0) is 24.1. The van der Waals surface area contributed by atoms with E-state index in [0.717, 1.165) is 61.0 Å². The molecule has 32 heavy (non-hydrogen) atoms. The highest BCUT2D eigenvalue weighted by Gasteiger charge is 2.21. The van der Waals surface area contributed by atoms with Gasteiger partial charge >= 0.3 is 0 Å². The molecule has 0 spiro atoms. The molecule has 4 nitrogen and oxygen atoms in total. The van der Waals surface area contributed by atoms with Crippen molar-refractivity contribution in [1.29, 1.82) is 0 Å². The molecular formula is C28H44N2O2. The molecule has 2 aromatic rings. The molecule has 0 heterocycles. The van der Waals surface area contributed by atoms with Gasteiger partial charge in [-0.15, -0.1) is 0 Å². The maximum atomic E-state index is 10.4. The normalized spacial score (nSPS) is 12.4. The molecule has 0 saturated heterocycles. The van der Waals surface area contributed by atoms with Gasteiger partial charge in [-0.25, -0.2) is 0 Å². The second-order valence-corrected chi connectivity index (χ2v) is 11.2. The van der Waals surface area contributed by atoms with Crippen molar-refractivity contribution in [2.45, 2.75) is 91.9 Å². The zero-order valence-corrected chi connectivity index (χ0v) is 21.4. The summed E-state index contributed by atoms with van der Waals surface area (Å²) in [7, 11) is 0. The number of hydrazine groups is 1. The molecule has 0 aliphatic heterocycles. The van der Waals surface area contributed by atoms with Crippen LogP contribution in [0.15, 0.2) is 24.3 Å². The Kier molecular flexibility index (Phi) is 8.78. The van der Waals surface area contributed by atoms with Gasteiger partial charge in [0.15, 0.2) is 0 Å². The summed E-state index contributed by atoms with van der Waals surface area (Å²) < 4.78 is 0. The Labute approximate surface area is 195 Å². The second kappa shape index (κ2) is 10.7. The lowest BCUT2D eigenvalue weighted by atomic mass is 9.83. The fourth-order valence-corrected chi connectivity index (χ4v) is 4.08. The van der Waals surface area contributed by atoms with Crippen LogP contribution in [0, 0.1) is 13.8 Å². The van der Waals surface area contributed by atoms with Crippen molar-refractivity contribution in [3.8, 4) is 11.5 Å². The minimum absolute atomic E-state index is 0.0612. The van der Waals surface area contributed by atoms with Gasteiger partial charge in [-0.2, -0.15) is 0 Å². The third kappa shape index (κ3) is 7.25. The summed E-state index contributed by atoms with van der Waals surface area (Å²) in [5.74, 6) is 0.860. The lowest BCUT2D eigenvalue weighted by Crippen LogP contribution is -2.33. The number of hydrogen-bond acceptors (Lipinski definition) is 4. The van der Waals surface area contributed by atoms with Crippen LogP contribution in [-0.2, 0) is 23.7 Å². The Morgan fingerprint density at radius 3 is 1.28 bits per heavy atom. The lowest BCUT2D eigenvalue weighted by Gasteiger charge is -2.23. The number of aryl methyl sites for hydroxylation is 4. The van der Waals surface area contributed by atoms with Gasteiger partial charge in [-0.1, -0.05) is 65.8 Å². The third-order valence-electron chi connectivity index (χ3n) is 6.00. The summed E-state index contributed by atoms with van der Waals surface area (Å²) in [5.41, 5.74) is 13.1. The first kappa shape index (κ1) is 26.2. The Balaban J connectivity index is 1.74. The lowest BCUT2D eigenvalue weighted by molar-refractivity contribution is 0.441. The molecule has 0 fully saturated rings. The molecule has 0 atom stereocenters. The minimum atomic E-state index is -0.0612. The van der Waals surface area contributed by atoms with E-state index in [0.29, 0.717) is 11.5 Å². The predicted molar refractivity (Wildman–Crippen MR) is 136 cm³/mol. The fraction of sp³-hybridized carbons (Fsp3) is 0.571. The molecule has 2 aromatic carbocycles. The van der Waals surface area contributed by atoms with Crippen LogP contribution in [0.4, 0.5) is 0 Å². The van der Waals surface area contributed by atoms with Crippen molar-refractivity contribution >= 4 is 0 Å². The van der Waals surface area contributed by atoms with Crippen LogP contribution in [0.2, 0.25) is 0 Å². The average Bonchev–Trinajstić information content (AvgIpc) is 2.67. The summed E-state index contributed by atoms with van der Waals surface area (Å²) >= 11 is 0. The molecule has 4 N–H and O–H groups in total. The highest BCUT2D eigenvalue weighted by atomic mass is 16.3. The van der Waals surface area contributed by atoms with Crippen LogP contribution in [0.3, 0.4) is 0 Å². The van der Waals surface area contributed by atoms with E-state index in [4.69, 9.17) is 0 Å². The molecule has 0 aromatic heterocycles. The van der Waals surface area contributed by atoms with E-state index in [1.54, 1.807) is 0 Å². The van der Waals surface area contributed by atoms with Gasteiger partial charge < -0.3 is 10.2 Å². The number of rotatable bonds is 9. The number of hydrogen-bond donors (Lipinski definition) is 4. The van der Waals surface area contributed by atoms with E-state index in [1.807, 2.05) is 13.8 Å². The number of nitrogens with one attached hydrogen (secondary N) is 2. The zero-order valence-electron chi connectivity index (χ0n) is 21.4. The summed E-state index contributed by atoms with van der Waals surface area (Å²) in [6.07, 6.45) is 4.04. The van der Waals surface area contributed by atoms with Crippen LogP contribution in [0.25, 0.3) is 0 Å². The van der Waals surface area contributed by atoms with Crippen molar-refractivity contribution in [3.63, 3.8) is 0 Å². The SMILES string of the molecule is Cc1cc(CCCNNCCCc2cc(C)c(O)c(C(C)(C)C)c2)cc(C(C)(C)C)c1O. The highest BCUT2D eigenvalue weighted by Crippen LogP contribution is 2.35. The average molecular weight is 441 g/mol. The summed E-state index contributed by atoms with van der Waals surface area (Å²) in [6.45, 7) is 18.6. The number of phenolic OH excluding ortho intramolecular Hbond substituents is 2. The van der Waals surface area contributed by atoms with Gasteiger partial charge in [-0.05, 0) is 83.7 Å². The van der Waals surface area contributed by atoms with Crippen molar-refractivity contribution in [2.75, 3.05) is 13.1 Å². The van der Waals surface area contributed by atoms with Crippen LogP contribution >= 0.6 is 0 Å². The molecule has 4 heteroatoms. The monoisotopic (exact) mass is 440 g/mol. The van der Waals surface area contributed by atoms with Gasteiger partial charge in [0, 0.05) is 13.1 Å². The van der Waals surface area contributed by atoms with Gasteiger partial charge in [0.1, 0.15) is 11.5 Å². The van der Waals surface area contributed by atoms with Gasteiger partial charge in [0.05, 0.1) is 0 Å². The number of aromatic hydroxyl groups is 2. The molecule has 0 unspecified atom stereocenters. The van der Waals surface area contributed by atoms with Crippen LogP contribution < -0.4 is 10.9 Å². The van der Waals surface area contributed by atoms with Gasteiger partial charge in [-0.3, -0.25) is 10.9 Å². The molecule has 178 valence electrons. The molecule has 0 bridgehead atoms. The minimum Gasteiger partial charge on any atom is -0.507 e. The van der Waals surface area contributed by atoms with Crippen LogP contribution in [0.1, 0.15) is 87.8 Å². The van der Waals surface area contributed by atoms with Crippen molar-refractivity contribution in [1.82, 2.24) is 10.9 Å². The highest BCUT2D eigenvalue weighted by molar-refractivity contribution is 5.47. The standard InChI is InChI=1S/C28H44N2O2/c1-19-15-21(17-23(25(19)31)27(3,4)5)11-9-13-29-30-14-10-12-22-16-20(2)26(32)24(18-22)28(6,7)8/h15-18,29-32H,9-14H2,1-8H3. The Bertz CT molecular complexity index is 830. The molecule has 0 radical (unpaired) electrons. The van der Waals surface area contributed by atoms with Crippen molar-refractivity contribution in [2.24, 2.45) is 0 Å². The maximum absolute atomic E-state index is 10.4. The molecule has 0 aliphatic rings. The van der Waals surface area contributed by atoms with Crippen LogP contribution in [-0.4, -0.2) is 23.3 Å². The smallest absolute Gasteiger partial charge is 0.122 e. The number of benzene rings is 2. The molecular weight excluding hydrogens is 396 g/mol. The summed E-state index contributed by atoms with van der Waals surface area (Å²) in [5, 5.41) is 20.8. The second-order valence-electron chi connectivity index (χ2n) is 11.2. The van der Waals surface area contributed by atoms with Gasteiger partial charge in [0.25, 0.3) is 0 Å². The Hall–Kier alpha value is -2.04. The Morgan fingerprint density at radius 2 is 0.969 bits per heavy atom. The summed E-state index contributed by atoms with van der Waals surface area (Å²) in [4.78, 5) is 0. The molecule has 2 rings (SSSR count). The van der Waals surface area contributed by atoms with Gasteiger partial charge in [0.2, 0.25) is 0 Å². The molecule has 0 amide bonds. The van der Waals surface area contributed by atoms with Crippen molar-refractivity contribution < 1.29 is 10.2 Å². The van der Waals surface area contributed by atoms with E-state index in [-0.39, 0.29) is 10.8 Å². The Morgan fingerprint density at radius 1 is 0.625 bits per heavy atom.